The molecule has 1 aromatic carbocycles. The number of benzene rings is 1. The van der Waals surface area contributed by atoms with Crippen LogP contribution >= 0.6 is 0 Å². The Morgan fingerprint density at radius 3 is 2.62 bits per heavy atom. The maximum atomic E-state index is 12.6. The third-order valence-corrected chi connectivity index (χ3v) is 6.86. The molecule has 1 aliphatic rings. The quantitative estimate of drug-likeness (QED) is 0.299. The highest BCUT2D eigenvalue weighted by molar-refractivity contribution is 6.16. The van der Waals surface area contributed by atoms with Crippen LogP contribution in [-0.4, -0.2) is 47.9 Å². The van der Waals surface area contributed by atoms with E-state index in [0.29, 0.717) is 29.5 Å². The van der Waals surface area contributed by atoms with Gasteiger partial charge in [0.05, 0.1) is 48.0 Å². The van der Waals surface area contributed by atoms with Crippen LogP contribution in [0.15, 0.2) is 108 Å². The molecule has 0 unspecified atom stereocenters. The predicted molar refractivity (Wildman–Crippen MR) is 161 cm³/mol. The predicted octanol–water partition coefficient (Wildman–Crippen LogP) is 5.04. The van der Waals surface area contributed by atoms with Gasteiger partial charge >= 0.3 is 0 Å². The smallest absolute Gasteiger partial charge is 0.228 e. The highest BCUT2D eigenvalue weighted by atomic mass is 16.1. The lowest BCUT2D eigenvalue weighted by molar-refractivity contribution is -0.115. The van der Waals surface area contributed by atoms with Crippen LogP contribution in [0.4, 0.5) is 5.69 Å². The van der Waals surface area contributed by atoms with Gasteiger partial charge in [-0.15, -0.1) is 0 Å². The lowest BCUT2D eigenvalue weighted by atomic mass is 10.0. The minimum atomic E-state index is -0.119. The Morgan fingerprint density at radius 1 is 0.857 bits per heavy atom. The zero-order valence-electron chi connectivity index (χ0n) is 22.3. The number of hydrogen-bond acceptors (Lipinski definition) is 8. The first-order chi connectivity index (χ1) is 20.7. The maximum absolute atomic E-state index is 12.6. The molecule has 0 fully saturated rings. The van der Waals surface area contributed by atoms with E-state index in [1.165, 1.54) is 0 Å². The van der Waals surface area contributed by atoms with Gasteiger partial charge in [-0.3, -0.25) is 29.7 Å². The Kier molecular flexibility index (Phi) is 6.53. The summed E-state index contributed by atoms with van der Waals surface area (Å²) in [5, 5.41) is 2.94. The first-order valence-corrected chi connectivity index (χ1v) is 13.3. The van der Waals surface area contributed by atoms with Gasteiger partial charge in [0, 0.05) is 47.0 Å². The summed E-state index contributed by atoms with van der Waals surface area (Å²) in [5.41, 5.74) is 8.50. The summed E-state index contributed by atoms with van der Waals surface area (Å²) in [4.78, 5) is 47.9. The number of fused-ring (bicyclic) bond motifs is 2. The van der Waals surface area contributed by atoms with Crippen LogP contribution in [0.25, 0.3) is 33.5 Å². The second-order valence-corrected chi connectivity index (χ2v) is 9.72. The molecule has 1 aliphatic heterocycles. The van der Waals surface area contributed by atoms with Crippen molar-refractivity contribution in [2.45, 2.75) is 13.0 Å². The highest BCUT2D eigenvalue weighted by Gasteiger charge is 2.20. The summed E-state index contributed by atoms with van der Waals surface area (Å²) in [6.45, 7) is 0.435. The Bertz CT molecular complexity index is 1980. The van der Waals surface area contributed by atoms with Crippen molar-refractivity contribution in [2.75, 3.05) is 5.32 Å². The van der Waals surface area contributed by atoms with Gasteiger partial charge in [0.15, 0.2) is 5.82 Å². The SMILES string of the molecule is O=C(Cc1ccccc1)Nc1cncc(-c2cc3c(cn2)CN=CN=C3c2nc3c(-c4ccccn4)cncc3[nH]2)c1. The molecule has 6 aromatic rings. The average Bonchev–Trinajstić information content (AvgIpc) is 3.35. The molecule has 5 aromatic heterocycles. The molecule has 0 radical (unpaired) electrons. The summed E-state index contributed by atoms with van der Waals surface area (Å²) in [5.74, 6) is 0.466. The number of aromatic nitrogens is 6. The van der Waals surface area contributed by atoms with Crippen molar-refractivity contribution in [3.63, 3.8) is 0 Å². The summed E-state index contributed by atoms with van der Waals surface area (Å²) in [6, 6.07) is 19.2. The zero-order chi connectivity index (χ0) is 28.3. The van der Waals surface area contributed by atoms with E-state index in [0.717, 1.165) is 44.5 Å². The largest absolute Gasteiger partial charge is 0.335 e. The fourth-order valence-electron chi connectivity index (χ4n) is 4.87. The van der Waals surface area contributed by atoms with E-state index in [-0.39, 0.29) is 12.3 Å². The third kappa shape index (κ3) is 5.04. The molecule has 10 nitrogen and oxygen atoms in total. The molecule has 202 valence electrons. The molecule has 6 heterocycles. The summed E-state index contributed by atoms with van der Waals surface area (Å²) < 4.78 is 0. The third-order valence-electron chi connectivity index (χ3n) is 6.86. The van der Waals surface area contributed by atoms with Crippen LogP contribution in [-0.2, 0) is 17.8 Å². The molecule has 2 N–H and O–H groups in total. The van der Waals surface area contributed by atoms with Crippen molar-refractivity contribution in [1.82, 2.24) is 29.9 Å². The number of imidazole rings is 1. The van der Waals surface area contributed by atoms with E-state index >= 15 is 0 Å². The number of amides is 1. The van der Waals surface area contributed by atoms with E-state index in [1.54, 1.807) is 43.5 Å². The van der Waals surface area contributed by atoms with Crippen molar-refractivity contribution in [3.8, 4) is 22.5 Å². The number of rotatable bonds is 6. The van der Waals surface area contributed by atoms with Crippen LogP contribution < -0.4 is 5.32 Å². The monoisotopic (exact) mass is 549 g/mol. The molecule has 7 rings (SSSR count). The Hall–Kier alpha value is -5.90. The number of aromatic amines is 1. The molecule has 0 atom stereocenters. The molecular weight excluding hydrogens is 526 g/mol. The van der Waals surface area contributed by atoms with Gasteiger partial charge in [0.25, 0.3) is 0 Å². The number of pyridine rings is 4. The number of nitrogens with zero attached hydrogens (tertiary/aromatic N) is 7. The number of nitrogens with one attached hydrogen (secondary N) is 2. The van der Waals surface area contributed by atoms with Crippen molar-refractivity contribution >= 4 is 34.7 Å². The molecule has 0 saturated heterocycles. The van der Waals surface area contributed by atoms with Gasteiger partial charge in [0.1, 0.15) is 17.6 Å². The molecule has 0 saturated carbocycles. The fraction of sp³-hybridized carbons (Fsp3) is 0.0625. The van der Waals surface area contributed by atoms with Gasteiger partial charge in [-0.05, 0) is 29.8 Å². The first kappa shape index (κ1) is 25.1. The average molecular weight is 550 g/mol. The molecule has 42 heavy (non-hydrogen) atoms. The molecular formula is C32H23N9O. The van der Waals surface area contributed by atoms with E-state index in [1.807, 2.05) is 60.7 Å². The highest BCUT2D eigenvalue weighted by Crippen LogP contribution is 2.28. The first-order valence-electron chi connectivity index (χ1n) is 13.3. The normalized spacial score (nSPS) is 12.4. The number of anilines is 1. The molecule has 1 amide bonds. The van der Waals surface area contributed by atoms with Crippen LogP contribution in [0, 0.1) is 0 Å². The minimum absolute atomic E-state index is 0.119. The van der Waals surface area contributed by atoms with Crippen molar-refractivity contribution < 1.29 is 4.79 Å². The molecule has 0 aliphatic carbocycles. The summed E-state index contributed by atoms with van der Waals surface area (Å²) >= 11 is 0. The summed E-state index contributed by atoms with van der Waals surface area (Å²) in [7, 11) is 0. The topological polar surface area (TPSA) is 134 Å². The number of aliphatic imine (C=N–C) groups is 2. The number of carbonyl (C=O) groups is 1. The van der Waals surface area contributed by atoms with Crippen molar-refractivity contribution in [3.05, 3.63) is 120 Å². The maximum Gasteiger partial charge on any atom is 0.228 e. The van der Waals surface area contributed by atoms with E-state index in [9.17, 15) is 4.79 Å². The van der Waals surface area contributed by atoms with Gasteiger partial charge in [-0.2, -0.15) is 0 Å². The van der Waals surface area contributed by atoms with Crippen LogP contribution in [0.5, 0.6) is 0 Å². The van der Waals surface area contributed by atoms with E-state index in [4.69, 9.17) is 4.98 Å². The van der Waals surface area contributed by atoms with Crippen molar-refractivity contribution in [2.24, 2.45) is 9.98 Å². The Balaban J connectivity index is 1.22. The van der Waals surface area contributed by atoms with Crippen LogP contribution in [0.1, 0.15) is 22.5 Å². The second-order valence-electron chi connectivity index (χ2n) is 9.72. The zero-order valence-corrected chi connectivity index (χ0v) is 22.3. The number of hydrogen-bond donors (Lipinski definition) is 2. The Morgan fingerprint density at radius 2 is 1.74 bits per heavy atom. The van der Waals surface area contributed by atoms with Gasteiger partial charge in [0.2, 0.25) is 5.91 Å². The molecule has 0 spiro atoms. The number of carbonyl (C=O) groups excluding carboxylic acids is 1. The fourth-order valence-corrected chi connectivity index (χ4v) is 4.87. The molecule has 10 heteroatoms. The van der Waals surface area contributed by atoms with E-state index in [2.05, 4.69) is 40.2 Å². The van der Waals surface area contributed by atoms with Gasteiger partial charge < -0.3 is 10.3 Å². The van der Waals surface area contributed by atoms with Crippen molar-refractivity contribution in [1.29, 1.82) is 0 Å². The van der Waals surface area contributed by atoms with Crippen LogP contribution in [0.3, 0.4) is 0 Å². The van der Waals surface area contributed by atoms with Crippen LogP contribution in [0.2, 0.25) is 0 Å². The lowest BCUT2D eigenvalue weighted by Crippen LogP contribution is -2.14. The molecule has 0 bridgehead atoms. The van der Waals surface area contributed by atoms with E-state index < -0.39 is 0 Å². The van der Waals surface area contributed by atoms with Gasteiger partial charge in [-0.25, -0.2) is 9.98 Å². The minimum Gasteiger partial charge on any atom is -0.335 e. The van der Waals surface area contributed by atoms with Gasteiger partial charge in [-0.1, -0.05) is 36.4 Å². The lowest BCUT2D eigenvalue weighted by Gasteiger charge is -2.11. The Labute approximate surface area is 240 Å². The summed E-state index contributed by atoms with van der Waals surface area (Å²) in [6.07, 6.45) is 12.2. The second kappa shape index (κ2) is 10.9. The number of H-pyrrole nitrogens is 1. The standard InChI is InChI=1S/C32H23N9O/c42-29(10-20-6-2-1-3-7-20)39-23-11-21(13-33-16-23)27-12-24-22(15-37-27)14-35-19-38-31(24)32-40-28-18-34-17-25(30(28)41-32)26-8-4-5-9-36-26/h1-9,11-13,15-19H,10,14H2,(H,39,42)(H,40,41).